The Morgan fingerprint density at radius 3 is 2.00 bits per heavy atom. The predicted octanol–water partition coefficient (Wildman–Crippen LogP) is 3.31. The summed E-state index contributed by atoms with van der Waals surface area (Å²) in [6, 6.07) is 12.2. The molecule has 10 heteroatoms. The minimum Gasteiger partial charge on any atom is -0.355 e. The third-order valence-electron chi connectivity index (χ3n) is 4.58. The maximum atomic E-state index is 13.2. The zero-order valence-electron chi connectivity index (χ0n) is 17.5. The van der Waals surface area contributed by atoms with Crippen LogP contribution in [0.4, 0.5) is 5.69 Å². The third-order valence-corrected chi connectivity index (χ3v) is 6.22. The Morgan fingerprint density at radius 1 is 1.00 bits per heavy atom. The smallest absolute Gasteiger partial charge is 0.244 e. The maximum Gasteiger partial charge on any atom is 0.244 e. The number of amides is 2. The SMILES string of the molecule is CCNC(=O)[C@H](C)N(Cc1ccc(Cl)cc1)C(=O)CN(c1ccc(Cl)cc1)S(C)(=O)=O. The van der Waals surface area contributed by atoms with E-state index in [0.717, 1.165) is 16.1 Å². The molecule has 0 saturated carbocycles. The molecule has 0 bridgehead atoms. The lowest BCUT2D eigenvalue weighted by Gasteiger charge is -2.31. The molecule has 2 aromatic rings. The monoisotopic (exact) mass is 485 g/mol. The van der Waals surface area contributed by atoms with Crippen molar-refractivity contribution >= 4 is 50.7 Å². The molecule has 0 aromatic heterocycles. The van der Waals surface area contributed by atoms with Crippen LogP contribution in [0, 0.1) is 0 Å². The van der Waals surface area contributed by atoms with Crippen molar-refractivity contribution in [2.75, 3.05) is 23.7 Å². The molecule has 0 aliphatic rings. The quantitative estimate of drug-likeness (QED) is 0.589. The first-order chi connectivity index (χ1) is 14.5. The van der Waals surface area contributed by atoms with E-state index in [0.29, 0.717) is 22.3 Å². The number of hydrogen-bond acceptors (Lipinski definition) is 4. The van der Waals surface area contributed by atoms with Crippen LogP contribution in [0.5, 0.6) is 0 Å². The number of hydrogen-bond donors (Lipinski definition) is 1. The molecule has 0 fully saturated rings. The second-order valence-corrected chi connectivity index (χ2v) is 9.74. The topological polar surface area (TPSA) is 86.8 Å². The van der Waals surface area contributed by atoms with E-state index in [1.54, 1.807) is 50.2 Å². The highest BCUT2D eigenvalue weighted by Gasteiger charge is 2.29. The summed E-state index contributed by atoms with van der Waals surface area (Å²) in [5.41, 5.74) is 1.06. The molecule has 0 aliphatic heterocycles. The largest absolute Gasteiger partial charge is 0.355 e. The van der Waals surface area contributed by atoms with E-state index in [9.17, 15) is 18.0 Å². The van der Waals surface area contributed by atoms with Gasteiger partial charge in [-0.2, -0.15) is 0 Å². The molecule has 1 atom stereocenters. The number of carbonyl (C=O) groups excluding carboxylic acids is 2. The van der Waals surface area contributed by atoms with Gasteiger partial charge in [0.1, 0.15) is 12.6 Å². The van der Waals surface area contributed by atoms with Crippen molar-refractivity contribution in [2.45, 2.75) is 26.4 Å². The summed E-state index contributed by atoms with van der Waals surface area (Å²) in [7, 11) is -3.77. The summed E-state index contributed by atoms with van der Waals surface area (Å²) in [6.07, 6.45) is 1.02. The molecule has 1 N–H and O–H groups in total. The van der Waals surface area contributed by atoms with Gasteiger partial charge in [-0.15, -0.1) is 0 Å². The summed E-state index contributed by atoms with van der Waals surface area (Å²) in [5.74, 6) is -0.851. The van der Waals surface area contributed by atoms with Gasteiger partial charge in [0.05, 0.1) is 11.9 Å². The second-order valence-electron chi connectivity index (χ2n) is 6.96. The average molecular weight is 486 g/mol. The second kappa shape index (κ2) is 10.8. The molecule has 0 unspecified atom stereocenters. The van der Waals surface area contributed by atoms with Gasteiger partial charge < -0.3 is 10.2 Å². The molecular formula is C21H25Cl2N3O4S. The van der Waals surface area contributed by atoms with E-state index in [2.05, 4.69) is 5.32 Å². The van der Waals surface area contributed by atoms with Crippen LogP contribution >= 0.6 is 23.2 Å². The standard InChI is InChI=1S/C21H25Cl2N3O4S/c1-4-24-21(28)15(2)25(13-16-5-7-17(22)8-6-16)20(27)14-26(31(3,29)30)19-11-9-18(23)10-12-19/h5-12,15H,4,13-14H2,1-3H3,(H,24,28)/t15-/m0/s1. The van der Waals surface area contributed by atoms with Gasteiger partial charge in [0.25, 0.3) is 0 Å². The van der Waals surface area contributed by atoms with E-state index < -0.39 is 28.5 Å². The first kappa shape index (κ1) is 25.0. The molecule has 0 spiro atoms. The van der Waals surface area contributed by atoms with Crippen molar-refractivity contribution < 1.29 is 18.0 Å². The zero-order valence-corrected chi connectivity index (χ0v) is 19.8. The van der Waals surface area contributed by atoms with Crippen LogP contribution in [0.1, 0.15) is 19.4 Å². The first-order valence-electron chi connectivity index (χ1n) is 9.57. The van der Waals surface area contributed by atoms with Crippen LogP contribution in [-0.2, 0) is 26.2 Å². The van der Waals surface area contributed by atoms with Gasteiger partial charge in [-0.05, 0) is 55.8 Å². The van der Waals surface area contributed by atoms with Crippen LogP contribution in [0.15, 0.2) is 48.5 Å². The molecule has 0 radical (unpaired) electrons. The number of benzene rings is 2. The van der Waals surface area contributed by atoms with Gasteiger partial charge in [-0.25, -0.2) is 8.42 Å². The summed E-state index contributed by atoms with van der Waals surface area (Å²) >= 11 is 11.8. The van der Waals surface area contributed by atoms with Crippen LogP contribution in [0.3, 0.4) is 0 Å². The van der Waals surface area contributed by atoms with Crippen molar-refractivity contribution in [3.05, 3.63) is 64.1 Å². The Kier molecular flexibility index (Phi) is 8.73. The fourth-order valence-electron chi connectivity index (χ4n) is 2.91. The first-order valence-corrected chi connectivity index (χ1v) is 12.2. The van der Waals surface area contributed by atoms with E-state index in [-0.39, 0.29) is 12.5 Å². The molecule has 2 amide bonds. The third kappa shape index (κ3) is 7.12. The van der Waals surface area contributed by atoms with Gasteiger partial charge in [-0.3, -0.25) is 13.9 Å². The van der Waals surface area contributed by atoms with Gasteiger partial charge in [0, 0.05) is 23.1 Å². The van der Waals surface area contributed by atoms with Crippen molar-refractivity contribution in [1.29, 1.82) is 0 Å². The number of sulfonamides is 1. The fourth-order valence-corrected chi connectivity index (χ4v) is 4.01. The van der Waals surface area contributed by atoms with Crippen molar-refractivity contribution in [3.8, 4) is 0 Å². The molecule has 0 saturated heterocycles. The lowest BCUT2D eigenvalue weighted by molar-refractivity contribution is -0.139. The molecule has 31 heavy (non-hydrogen) atoms. The van der Waals surface area contributed by atoms with E-state index in [1.807, 2.05) is 0 Å². The molecular weight excluding hydrogens is 461 g/mol. The summed E-state index contributed by atoms with van der Waals surface area (Å²) in [4.78, 5) is 27.1. The van der Waals surface area contributed by atoms with Gasteiger partial charge >= 0.3 is 0 Å². The zero-order chi connectivity index (χ0) is 23.2. The summed E-state index contributed by atoms with van der Waals surface area (Å²) in [6.45, 7) is 3.45. The minimum atomic E-state index is -3.77. The molecule has 0 heterocycles. The van der Waals surface area contributed by atoms with Crippen molar-refractivity contribution in [3.63, 3.8) is 0 Å². The Labute approximate surface area is 193 Å². The average Bonchev–Trinajstić information content (AvgIpc) is 2.71. The molecule has 0 aliphatic carbocycles. The predicted molar refractivity (Wildman–Crippen MR) is 124 cm³/mol. The number of halogens is 2. The van der Waals surface area contributed by atoms with Gasteiger partial charge in [0.15, 0.2) is 0 Å². The van der Waals surface area contributed by atoms with Crippen LogP contribution in [-0.4, -0.2) is 50.5 Å². The maximum absolute atomic E-state index is 13.2. The van der Waals surface area contributed by atoms with Crippen molar-refractivity contribution in [1.82, 2.24) is 10.2 Å². The van der Waals surface area contributed by atoms with Crippen LogP contribution in [0.2, 0.25) is 10.0 Å². The molecule has 2 aromatic carbocycles. The Balaban J connectivity index is 2.35. The summed E-state index contributed by atoms with van der Waals surface area (Å²) in [5, 5.41) is 3.68. The highest BCUT2D eigenvalue weighted by molar-refractivity contribution is 7.92. The highest BCUT2D eigenvalue weighted by Crippen LogP contribution is 2.21. The Bertz CT molecular complexity index is 1010. The number of anilines is 1. The number of carbonyl (C=O) groups is 2. The highest BCUT2D eigenvalue weighted by atomic mass is 35.5. The van der Waals surface area contributed by atoms with E-state index in [1.165, 1.54) is 17.0 Å². The Hall–Kier alpha value is -2.29. The normalized spacial score (nSPS) is 12.2. The van der Waals surface area contributed by atoms with E-state index >= 15 is 0 Å². The number of likely N-dealkylation sites (N-methyl/N-ethyl adjacent to an activating group) is 1. The lowest BCUT2D eigenvalue weighted by atomic mass is 10.1. The molecule has 168 valence electrons. The van der Waals surface area contributed by atoms with Crippen LogP contribution < -0.4 is 9.62 Å². The van der Waals surface area contributed by atoms with Gasteiger partial charge in [-0.1, -0.05) is 35.3 Å². The Morgan fingerprint density at radius 2 is 1.52 bits per heavy atom. The lowest BCUT2D eigenvalue weighted by Crippen LogP contribution is -2.51. The summed E-state index contributed by atoms with van der Waals surface area (Å²) < 4.78 is 25.8. The van der Waals surface area contributed by atoms with Crippen molar-refractivity contribution in [2.24, 2.45) is 0 Å². The number of nitrogens with one attached hydrogen (secondary N) is 1. The molecule has 2 rings (SSSR count). The number of nitrogens with zero attached hydrogens (tertiary/aromatic N) is 2. The van der Waals surface area contributed by atoms with Crippen LogP contribution in [0.25, 0.3) is 0 Å². The number of rotatable bonds is 9. The van der Waals surface area contributed by atoms with E-state index in [4.69, 9.17) is 23.2 Å². The minimum absolute atomic E-state index is 0.118. The fraction of sp³-hybridized carbons (Fsp3) is 0.333. The van der Waals surface area contributed by atoms with Gasteiger partial charge in [0.2, 0.25) is 21.8 Å². The molecule has 7 nitrogen and oxygen atoms in total.